The molecule has 0 amide bonds. The Kier molecular flexibility index (Phi) is 4.53. The summed E-state index contributed by atoms with van der Waals surface area (Å²) in [6.45, 7) is 4.66. The van der Waals surface area contributed by atoms with E-state index in [-0.39, 0.29) is 0 Å². The normalized spacial score (nSPS) is 9.90. The summed E-state index contributed by atoms with van der Waals surface area (Å²) in [6, 6.07) is 7.61. The predicted molar refractivity (Wildman–Crippen MR) is 83.1 cm³/mol. The number of aryl methyl sites for hydroxylation is 1. The molecule has 0 saturated heterocycles. The molecule has 0 atom stereocenters. The summed E-state index contributed by atoms with van der Waals surface area (Å²) in [5, 5.41) is 15.4. The molecule has 20 heavy (non-hydrogen) atoms. The van der Waals surface area contributed by atoms with Crippen molar-refractivity contribution in [3.05, 3.63) is 40.0 Å². The first kappa shape index (κ1) is 14.3. The third-order valence-electron chi connectivity index (χ3n) is 2.66. The van der Waals surface area contributed by atoms with E-state index in [1.54, 1.807) is 12.3 Å². The highest BCUT2D eigenvalue weighted by Crippen LogP contribution is 2.25. The lowest BCUT2D eigenvalue weighted by molar-refractivity contribution is 1.07. The van der Waals surface area contributed by atoms with Crippen molar-refractivity contribution in [3.8, 4) is 6.07 Å². The highest BCUT2D eigenvalue weighted by molar-refractivity contribution is 9.10. The second-order valence-corrected chi connectivity index (χ2v) is 5.10. The Labute approximate surface area is 126 Å². The molecular formula is C14H14BrN5. The number of nitrogens with zero attached hydrogens (tertiary/aromatic N) is 3. The van der Waals surface area contributed by atoms with Crippen LogP contribution in [0.25, 0.3) is 0 Å². The fraction of sp³-hybridized carbons (Fsp3) is 0.214. The summed E-state index contributed by atoms with van der Waals surface area (Å²) in [7, 11) is 0. The smallest absolute Gasteiger partial charge is 0.224 e. The van der Waals surface area contributed by atoms with Gasteiger partial charge in [0.1, 0.15) is 11.9 Å². The number of aromatic nitrogens is 2. The van der Waals surface area contributed by atoms with Gasteiger partial charge in [-0.2, -0.15) is 10.2 Å². The van der Waals surface area contributed by atoms with Crippen LogP contribution in [-0.4, -0.2) is 16.5 Å². The first-order chi connectivity index (χ1) is 9.63. The molecule has 6 heteroatoms. The summed E-state index contributed by atoms with van der Waals surface area (Å²) in [4.78, 5) is 8.60. The SMILES string of the molecule is CCNc1ncc(C)c(Nc2cc(Br)ccc2C#N)n1. The summed E-state index contributed by atoms with van der Waals surface area (Å²) in [6.07, 6.45) is 1.75. The zero-order chi connectivity index (χ0) is 14.5. The minimum atomic E-state index is 0.564. The van der Waals surface area contributed by atoms with Crippen molar-refractivity contribution in [1.29, 1.82) is 5.26 Å². The minimum absolute atomic E-state index is 0.564. The van der Waals surface area contributed by atoms with Crippen LogP contribution in [0.15, 0.2) is 28.9 Å². The maximum absolute atomic E-state index is 9.15. The number of anilines is 3. The first-order valence-electron chi connectivity index (χ1n) is 6.18. The molecule has 0 fully saturated rings. The Balaban J connectivity index is 2.37. The van der Waals surface area contributed by atoms with Crippen LogP contribution in [0.4, 0.5) is 17.5 Å². The fourth-order valence-corrected chi connectivity index (χ4v) is 2.02. The molecule has 2 rings (SSSR count). The molecule has 0 saturated carbocycles. The van der Waals surface area contributed by atoms with Crippen LogP contribution in [0, 0.1) is 18.3 Å². The Morgan fingerprint density at radius 2 is 2.20 bits per heavy atom. The van der Waals surface area contributed by atoms with Crippen LogP contribution < -0.4 is 10.6 Å². The fourth-order valence-electron chi connectivity index (χ4n) is 1.66. The van der Waals surface area contributed by atoms with Crippen molar-refractivity contribution in [3.63, 3.8) is 0 Å². The number of hydrogen-bond donors (Lipinski definition) is 2. The van der Waals surface area contributed by atoms with E-state index in [1.807, 2.05) is 26.0 Å². The molecule has 5 nitrogen and oxygen atoms in total. The van der Waals surface area contributed by atoms with Crippen molar-refractivity contribution >= 4 is 33.4 Å². The van der Waals surface area contributed by atoms with Gasteiger partial charge in [0.15, 0.2) is 0 Å². The molecule has 1 heterocycles. The quantitative estimate of drug-likeness (QED) is 0.895. The van der Waals surface area contributed by atoms with Crippen LogP contribution in [0.5, 0.6) is 0 Å². The molecule has 0 spiro atoms. The molecular weight excluding hydrogens is 318 g/mol. The molecule has 2 N–H and O–H groups in total. The number of benzene rings is 1. The van der Waals surface area contributed by atoms with Crippen molar-refractivity contribution in [1.82, 2.24) is 9.97 Å². The standard InChI is InChI=1S/C14H14BrN5/c1-3-17-14-18-8-9(2)13(20-14)19-12-6-11(15)5-4-10(12)7-16/h4-6,8H,3H2,1-2H3,(H2,17,18,19,20). The predicted octanol–water partition coefficient (Wildman–Crippen LogP) is 3.59. The van der Waals surface area contributed by atoms with Gasteiger partial charge in [-0.25, -0.2) is 4.98 Å². The lowest BCUT2D eigenvalue weighted by Gasteiger charge is -2.11. The van der Waals surface area contributed by atoms with Gasteiger partial charge in [0.25, 0.3) is 0 Å². The molecule has 0 aliphatic carbocycles. The average molecular weight is 332 g/mol. The topological polar surface area (TPSA) is 73.6 Å². The number of nitrogens with one attached hydrogen (secondary N) is 2. The van der Waals surface area contributed by atoms with E-state index in [4.69, 9.17) is 5.26 Å². The summed E-state index contributed by atoms with van der Waals surface area (Å²) in [5.41, 5.74) is 2.19. The molecule has 1 aromatic carbocycles. The van der Waals surface area contributed by atoms with Crippen LogP contribution >= 0.6 is 15.9 Å². The molecule has 0 aliphatic rings. The third-order valence-corrected chi connectivity index (χ3v) is 3.15. The van der Waals surface area contributed by atoms with Gasteiger partial charge in [-0.1, -0.05) is 15.9 Å². The van der Waals surface area contributed by atoms with E-state index in [0.717, 1.165) is 16.6 Å². The van der Waals surface area contributed by atoms with Crippen molar-refractivity contribution in [2.24, 2.45) is 0 Å². The van der Waals surface area contributed by atoms with Crippen LogP contribution in [0.3, 0.4) is 0 Å². The highest BCUT2D eigenvalue weighted by atomic mass is 79.9. The van der Waals surface area contributed by atoms with E-state index in [0.29, 0.717) is 23.0 Å². The zero-order valence-electron chi connectivity index (χ0n) is 11.2. The Bertz CT molecular complexity index is 663. The second kappa shape index (κ2) is 6.35. The second-order valence-electron chi connectivity index (χ2n) is 4.18. The summed E-state index contributed by atoms with van der Waals surface area (Å²) < 4.78 is 0.901. The molecule has 0 radical (unpaired) electrons. The molecule has 0 bridgehead atoms. The maximum atomic E-state index is 9.15. The summed E-state index contributed by atoms with van der Waals surface area (Å²) >= 11 is 3.40. The van der Waals surface area contributed by atoms with E-state index >= 15 is 0 Å². The van der Waals surface area contributed by atoms with Crippen molar-refractivity contribution < 1.29 is 0 Å². The van der Waals surface area contributed by atoms with Crippen LogP contribution in [0.1, 0.15) is 18.1 Å². The van der Waals surface area contributed by atoms with Gasteiger partial charge in [0, 0.05) is 22.8 Å². The van der Waals surface area contributed by atoms with Gasteiger partial charge in [-0.05, 0) is 32.0 Å². The van der Waals surface area contributed by atoms with E-state index in [1.165, 1.54) is 0 Å². The molecule has 1 aromatic heterocycles. The lowest BCUT2D eigenvalue weighted by Crippen LogP contribution is -2.06. The van der Waals surface area contributed by atoms with E-state index in [2.05, 4.69) is 42.6 Å². The van der Waals surface area contributed by atoms with Gasteiger partial charge in [0.2, 0.25) is 5.95 Å². The van der Waals surface area contributed by atoms with Gasteiger partial charge in [0.05, 0.1) is 11.3 Å². The lowest BCUT2D eigenvalue weighted by atomic mass is 10.2. The number of halogens is 1. The zero-order valence-corrected chi connectivity index (χ0v) is 12.8. The average Bonchev–Trinajstić information content (AvgIpc) is 2.43. The van der Waals surface area contributed by atoms with E-state index < -0.39 is 0 Å². The maximum Gasteiger partial charge on any atom is 0.224 e. The van der Waals surface area contributed by atoms with Gasteiger partial charge >= 0.3 is 0 Å². The van der Waals surface area contributed by atoms with Crippen LogP contribution in [-0.2, 0) is 0 Å². The first-order valence-corrected chi connectivity index (χ1v) is 6.97. The van der Waals surface area contributed by atoms with Gasteiger partial charge < -0.3 is 10.6 Å². The Morgan fingerprint density at radius 1 is 1.40 bits per heavy atom. The van der Waals surface area contributed by atoms with Gasteiger partial charge in [-0.3, -0.25) is 0 Å². The monoisotopic (exact) mass is 331 g/mol. The highest BCUT2D eigenvalue weighted by Gasteiger charge is 2.08. The summed E-state index contributed by atoms with van der Waals surface area (Å²) in [5.74, 6) is 1.25. The Hall–Kier alpha value is -2.13. The largest absolute Gasteiger partial charge is 0.354 e. The third kappa shape index (κ3) is 3.25. The van der Waals surface area contributed by atoms with Crippen molar-refractivity contribution in [2.75, 3.05) is 17.2 Å². The number of hydrogen-bond acceptors (Lipinski definition) is 5. The van der Waals surface area contributed by atoms with Crippen molar-refractivity contribution in [2.45, 2.75) is 13.8 Å². The minimum Gasteiger partial charge on any atom is -0.354 e. The molecule has 2 aromatic rings. The molecule has 0 unspecified atom stereocenters. The van der Waals surface area contributed by atoms with E-state index in [9.17, 15) is 0 Å². The van der Waals surface area contributed by atoms with Crippen LogP contribution in [0.2, 0.25) is 0 Å². The number of nitriles is 1. The molecule has 0 aliphatic heterocycles. The molecule has 102 valence electrons. The van der Waals surface area contributed by atoms with Gasteiger partial charge in [-0.15, -0.1) is 0 Å². The number of rotatable bonds is 4. The Morgan fingerprint density at radius 3 is 2.90 bits per heavy atom.